The Morgan fingerprint density at radius 1 is 1.35 bits per heavy atom. The highest BCUT2D eigenvalue weighted by atomic mass is 16.6. The number of nitrogens with one attached hydrogen (secondary N) is 1. The van der Waals surface area contributed by atoms with Crippen LogP contribution in [0.2, 0.25) is 0 Å². The number of nitro groups is 1. The Hall–Kier alpha value is -2.44. The molecule has 7 heteroatoms. The largest absolute Gasteiger partial charge is 0.481 e. The highest BCUT2D eigenvalue weighted by molar-refractivity contribution is 5.96. The molecule has 0 aromatic heterocycles. The molecule has 20 heavy (non-hydrogen) atoms. The number of aliphatic carboxylic acids is 1. The summed E-state index contributed by atoms with van der Waals surface area (Å²) < 4.78 is 0. The smallest absolute Gasteiger partial charge is 0.308 e. The highest BCUT2D eigenvalue weighted by Crippen LogP contribution is 2.17. The molecular weight excluding hydrogens is 264 g/mol. The van der Waals surface area contributed by atoms with Crippen LogP contribution >= 0.6 is 0 Å². The number of carboxylic acid groups (broad SMARTS) is 1. The summed E-state index contributed by atoms with van der Waals surface area (Å²) in [7, 11) is 0. The van der Waals surface area contributed by atoms with Crippen LogP contribution in [0.3, 0.4) is 0 Å². The van der Waals surface area contributed by atoms with Crippen LogP contribution in [-0.2, 0) is 4.79 Å². The fourth-order valence-corrected chi connectivity index (χ4v) is 1.64. The molecule has 1 rings (SSSR count). The second-order valence-electron chi connectivity index (χ2n) is 4.65. The number of carbonyl (C=O) groups is 2. The van der Waals surface area contributed by atoms with Crippen molar-refractivity contribution in [1.29, 1.82) is 0 Å². The summed E-state index contributed by atoms with van der Waals surface area (Å²) in [6.07, 6.45) is 0. The molecule has 0 radical (unpaired) electrons. The Balaban J connectivity index is 2.88. The average molecular weight is 280 g/mol. The van der Waals surface area contributed by atoms with Crippen molar-refractivity contribution >= 4 is 17.6 Å². The maximum Gasteiger partial charge on any atom is 0.308 e. The molecule has 2 unspecified atom stereocenters. The van der Waals surface area contributed by atoms with E-state index in [1.54, 1.807) is 13.8 Å². The quantitative estimate of drug-likeness (QED) is 0.630. The minimum atomic E-state index is -1.00. The Kier molecular flexibility index (Phi) is 4.79. The number of carboxylic acids is 1. The first-order chi connectivity index (χ1) is 9.23. The molecule has 1 aromatic carbocycles. The fraction of sp³-hybridized carbons (Fsp3) is 0.385. The van der Waals surface area contributed by atoms with Gasteiger partial charge in [-0.3, -0.25) is 19.7 Å². The number of benzene rings is 1. The molecule has 0 aliphatic carbocycles. The number of rotatable bonds is 5. The maximum atomic E-state index is 12.0. The zero-order chi connectivity index (χ0) is 15.4. The molecule has 0 aliphatic rings. The molecule has 7 nitrogen and oxygen atoms in total. The SMILES string of the molecule is Cc1cc([N+](=O)[O-])ccc1C(=O)NC(C)C(C)C(=O)O. The monoisotopic (exact) mass is 280 g/mol. The van der Waals surface area contributed by atoms with Crippen LogP contribution in [0.4, 0.5) is 5.69 Å². The van der Waals surface area contributed by atoms with Crippen LogP contribution < -0.4 is 5.32 Å². The minimum Gasteiger partial charge on any atom is -0.481 e. The van der Waals surface area contributed by atoms with Crippen molar-refractivity contribution in [3.05, 3.63) is 39.4 Å². The van der Waals surface area contributed by atoms with Crippen molar-refractivity contribution in [2.75, 3.05) is 0 Å². The number of aryl methyl sites for hydroxylation is 1. The van der Waals surface area contributed by atoms with Gasteiger partial charge in [0, 0.05) is 23.7 Å². The number of nitro benzene ring substituents is 1. The molecule has 108 valence electrons. The van der Waals surface area contributed by atoms with E-state index in [0.717, 1.165) is 0 Å². The third-order valence-corrected chi connectivity index (χ3v) is 3.16. The van der Waals surface area contributed by atoms with Gasteiger partial charge in [-0.25, -0.2) is 0 Å². The third-order valence-electron chi connectivity index (χ3n) is 3.16. The van der Waals surface area contributed by atoms with Crippen LogP contribution in [0.25, 0.3) is 0 Å². The average Bonchev–Trinajstić information content (AvgIpc) is 2.36. The van der Waals surface area contributed by atoms with Gasteiger partial charge in [-0.2, -0.15) is 0 Å². The number of amides is 1. The zero-order valence-corrected chi connectivity index (χ0v) is 11.4. The lowest BCUT2D eigenvalue weighted by Gasteiger charge is -2.18. The Morgan fingerprint density at radius 2 is 1.95 bits per heavy atom. The van der Waals surface area contributed by atoms with Crippen molar-refractivity contribution in [2.45, 2.75) is 26.8 Å². The lowest BCUT2D eigenvalue weighted by Crippen LogP contribution is -2.40. The van der Waals surface area contributed by atoms with Crippen LogP contribution in [0, 0.1) is 23.0 Å². The fourth-order valence-electron chi connectivity index (χ4n) is 1.64. The standard InChI is InChI=1S/C13H16N2O5/c1-7-6-10(15(19)20)4-5-11(7)12(16)14-9(3)8(2)13(17)18/h4-6,8-9H,1-3H3,(H,14,16)(H,17,18). The summed E-state index contributed by atoms with van der Waals surface area (Å²) in [5.74, 6) is -2.17. The lowest BCUT2D eigenvalue weighted by molar-refractivity contribution is -0.384. The normalized spacial score (nSPS) is 13.3. The predicted molar refractivity (Wildman–Crippen MR) is 71.6 cm³/mol. The summed E-state index contributed by atoms with van der Waals surface area (Å²) in [6, 6.07) is 3.36. The summed E-state index contributed by atoms with van der Waals surface area (Å²) in [5, 5.41) is 22.1. The van der Waals surface area contributed by atoms with Gasteiger partial charge >= 0.3 is 5.97 Å². The van der Waals surface area contributed by atoms with Crippen molar-refractivity contribution in [3.63, 3.8) is 0 Å². The zero-order valence-electron chi connectivity index (χ0n) is 11.4. The van der Waals surface area contributed by atoms with Crippen LogP contribution in [0.5, 0.6) is 0 Å². The molecule has 2 atom stereocenters. The van der Waals surface area contributed by atoms with E-state index in [1.807, 2.05) is 0 Å². The molecule has 0 heterocycles. The summed E-state index contributed by atoms with van der Waals surface area (Å²) in [4.78, 5) is 32.9. The van der Waals surface area contributed by atoms with Crippen molar-refractivity contribution in [2.24, 2.45) is 5.92 Å². The van der Waals surface area contributed by atoms with Gasteiger partial charge in [0.2, 0.25) is 0 Å². The number of hydrogen-bond donors (Lipinski definition) is 2. The molecule has 0 bridgehead atoms. The van der Waals surface area contributed by atoms with Gasteiger partial charge in [0.1, 0.15) is 0 Å². The molecule has 0 fully saturated rings. The molecular formula is C13H16N2O5. The van der Waals surface area contributed by atoms with E-state index in [1.165, 1.54) is 25.1 Å². The molecule has 0 aliphatic heterocycles. The van der Waals surface area contributed by atoms with E-state index in [0.29, 0.717) is 11.1 Å². The lowest BCUT2D eigenvalue weighted by atomic mass is 10.0. The number of nitrogens with zero attached hydrogens (tertiary/aromatic N) is 1. The van der Waals surface area contributed by atoms with Crippen molar-refractivity contribution < 1.29 is 19.6 Å². The van der Waals surface area contributed by atoms with E-state index in [2.05, 4.69) is 5.32 Å². The van der Waals surface area contributed by atoms with Crippen molar-refractivity contribution in [3.8, 4) is 0 Å². The Labute approximate surface area is 115 Å². The van der Waals surface area contributed by atoms with Crippen LogP contribution in [0.1, 0.15) is 29.8 Å². The molecule has 1 aromatic rings. The van der Waals surface area contributed by atoms with Crippen LogP contribution in [-0.4, -0.2) is 27.9 Å². The Bertz CT molecular complexity index is 556. The van der Waals surface area contributed by atoms with E-state index in [4.69, 9.17) is 5.11 Å². The van der Waals surface area contributed by atoms with Gasteiger partial charge in [0.25, 0.3) is 11.6 Å². The number of hydrogen-bond acceptors (Lipinski definition) is 4. The van der Waals surface area contributed by atoms with Gasteiger partial charge in [0.05, 0.1) is 10.8 Å². The number of non-ortho nitro benzene ring substituents is 1. The van der Waals surface area contributed by atoms with E-state index in [-0.39, 0.29) is 5.69 Å². The molecule has 0 saturated heterocycles. The van der Waals surface area contributed by atoms with Gasteiger partial charge in [-0.05, 0) is 32.4 Å². The topological polar surface area (TPSA) is 110 Å². The van der Waals surface area contributed by atoms with Crippen molar-refractivity contribution in [1.82, 2.24) is 5.32 Å². The maximum absolute atomic E-state index is 12.0. The molecule has 2 N–H and O–H groups in total. The third kappa shape index (κ3) is 3.53. The van der Waals surface area contributed by atoms with Gasteiger partial charge in [-0.15, -0.1) is 0 Å². The highest BCUT2D eigenvalue weighted by Gasteiger charge is 2.22. The van der Waals surface area contributed by atoms with E-state index < -0.39 is 28.8 Å². The summed E-state index contributed by atoms with van der Waals surface area (Å²) in [5.41, 5.74) is 0.665. The molecule has 0 spiro atoms. The summed E-state index contributed by atoms with van der Waals surface area (Å²) >= 11 is 0. The Morgan fingerprint density at radius 3 is 2.40 bits per heavy atom. The first kappa shape index (κ1) is 15.6. The minimum absolute atomic E-state index is 0.0917. The first-order valence-electron chi connectivity index (χ1n) is 6.02. The second-order valence-corrected chi connectivity index (χ2v) is 4.65. The molecule has 1 amide bonds. The first-order valence-corrected chi connectivity index (χ1v) is 6.02. The molecule has 0 saturated carbocycles. The van der Waals surface area contributed by atoms with E-state index in [9.17, 15) is 19.7 Å². The number of carbonyl (C=O) groups excluding carboxylic acids is 1. The summed E-state index contributed by atoms with van der Waals surface area (Å²) in [6.45, 7) is 4.68. The van der Waals surface area contributed by atoms with E-state index >= 15 is 0 Å². The second kappa shape index (κ2) is 6.14. The predicted octanol–water partition coefficient (Wildman–Crippen LogP) is 1.74. The van der Waals surface area contributed by atoms with Gasteiger partial charge < -0.3 is 10.4 Å². The van der Waals surface area contributed by atoms with Crippen LogP contribution in [0.15, 0.2) is 18.2 Å². The van der Waals surface area contributed by atoms with Gasteiger partial charge in [0.15, 0.2) is 0 Å². The van der Waals surface area contributed by atoms with Gasteiger partial charge in [-0.1, -0.05) is 0 Å².